The number of alkyl halides is 3. The summed E-state index contributed by atoms with van der Waals surface area (Å²) in [4.78, 5) is 30.4. The van der Waals surface area contributed by atoms with E-state index in [0.29, 0.717) is 28.1 Å². The largest absolute Gasteiger partial charge is 0.471 e. The minimum atomic E-state index is -5.03. The molecule has 0 bridgehead atoms. The molecule has 61 heavy (non-hydrogen) atoms. The van der Waals surface area contributed by atoms with Crippen molar-refractivity contribution in [2.24, 2.45) is 5.92 Å². The first-order valence-corrected chi connectivity index (χ1v) is 21.1. The van der Waals surface area contributed by atoms with Gasteiger partial charge in [-0.05, 0) is 46.7 Å². The molecule has 0 unspecified atom stereocenters. The van der Waals surface area contributed by atoms with Crippen LogP contribution in [0, 0.1) is 5.92 Å². The maximum absolute atomic E-state index is 13.1. The Labute approximate surface area is 355 Å². The van der Waals surface area contributed by atoms with Gasteiger partial charge in [-0.1, -0.05) is 146 Å². The van der Waals surface area contributed by atoms with Crippen LogP contribution in [0.4, 0.5) is 13.2 Å². The molecule has 0 spiro atoms. The highest BCUT2D eigenvalue weighted by atomic mass is 32.2. The Bertz CT molecular complexity index is 2370. The number of nitrogens with zero attached hydrogens (tertiary/aromatic N) is 2. The topological polar surface area (TPSA) is 114 Å². The molecule has 314 valence electrons. The number of hydrogen-bond acceptors (Lipinski definition) is 8. The fourth-order valence-electron chi connectivity index (χ4n) is 7.85. The molecule has 2 saturated heterocycles. The fraction of sp³-hybridized carbons (Fsp3) is 0.271. The van der Waals surface area contributed by atoms with E-state index in [9.17, 15) is 27.9 Å². The number of carbonyl (C=O) groups excluding carboxylic acids is 2. The monoisotopic (exact) mass is 847 g/mol. The smallest absolute Gasteiger partial charge is 0.431 e. The first-order chi connectivity index (χ1) is 29.6. The van der Waals surface area contributed by atoms with Gasteiger partial charge in [0.15, 0.2) is 12.1 Å². The number of amides is 2. The SMILES string of the molecule is C[C@@H]1[C@H](CSc2nc(-c3ccccc3)c(-c3ccccc3)o2)O[C@H](c2ccc(-c3cccc(CNC(=O)[C@@H]4CCCN4C(=O)C(F)(F)F)c3)cc2)O[C@@H]1c1ccc(CO)cc1. The van der Waals surface area contributed by atoms with Crippen molar-refractivity contribution in [1.82, 2.24) is 15.2 Å². The quantitative estimate of drug-likeness (QED) is 0.117. The van der Waals surface area contributed by atoms with Crippen LogP contribution < -0.4 is 5.32 Å². The number of rotatable bonds is 12. The molecule has 2 N–H and O–H groups in total. The summed E-state index contributed by atoms with van der Waals surface area (Å²) in [6.07, 6.45) is -5.83. The molecule has 5 atom stereocenters. The third-order valence-corrected chi connectivity index (χ3v) is 12.1. The second-order valence-corrected chi connectivity index (χ2v) is 16.2. The standard InChI is InChI=1S/C48H44F3N3O6S/c1-30-40(29-61-47-53-41(34-11-4-2-5-12-34)43(60-47)35-13-6-3-7-14-35)58-45(59-42(30)36-19-17-31(28-55)18-20-36)37-23-21-33(22-24-37)38-15-8-10-32(26-38)27-52-44(56)39-16-9-25-54(39)46(57)48(49,50)51/h2-8,10-15,17-24,26,30,39-40,42,45,55H,9,16,25,27-29H2,1H3,(H,52,56)/t30-,39+,40+,42+,45+/m1/s1. The van der Waals surface area contributed by atoms with Crippen molar-refractivity contribution in [3.63, 3.8) is 0 Å². The highest BCUT2D eigenvalue weighted by Crippen LogP contribution is 2.44. The molecule has 3 heterocycles. The van der Waals surface area contributed by atoms with Crippen molar-refractivity contribution >= 4 is 23.6 Å². The summed E-state index contributed by atoms with van der Waals surface area (Å²) in [5.74, 6) is -1.43. The Morgan fingerprint density at radius 3 is 2.16 bits per heavy atom. The molecule has 0 aliphatic carbocycles. The second-order valence-electron chi connectivity index (χ2n) is 15.2. The Kier molecular flexibility index (Phi) is 12.7. The van der Waals surface area contributed by atoms with Gasteiger partial charge in [0.2, 0.25) is 5.91 Å². The van der Waals surface area contributed by atoms with Crippen molar-refractivity contribution in [2.45, 2.75) is 68.9 Å². The van der Waals surface area contributed by atoms with E-state index in [-0.39, 0.29) is 44.2 Å². The number of benzene rings is 5. The Morgan fingerprint density at radius 2 is 1.48 bits per heavy atom. The number of hydrogen-bond donors (Lipinski definition) is 2. The van der Waals surface area contributed by atoms with Gasteiger partial charge in [-0.2, -0.15) is 13.2 Å². The summed E-state index contributed by atoms with van der Waals surface area (Å²) >= 11 is 1.49. The molecule has 1 aromatic heterocycles. The normalized spacial score (nSPS) is 20.4. The van der Waals surface area contributed by atoms with Crippen LogP contribution in [-0.2, 0) is 32.2 Å². The van der Waals surface area contributed by atoms with Gasteiger partial charge in [0.25, 0.3) is 5.22 Å². The van der Waals surface area contributed by atoms with Crippen LogP contribution in [0.5, 0.6) is 0 Å². The lowest BCUT2D eigenvalue weighted by Gasteiger charge is -2.41. The number of nitrogens with one attached hydrogen (secondary N) is 1. The van der Waals surface area contributed by atoms with Crippen LogP contribution in [0.3, 0.4) is 0 Å². The lowest BCUT2D eigenvalue weighted by molar-refractivity contribution is -0.268. The van der Waals surface area contributed by atoms with Crippen molar-refractivity contribution in [3.8, 4) is 33.7 Å². The van der Waals surface area contributed by atoms with E-state index in [4.69, 9.17) is 18.9 Å². The molecule has 2 aliphatic heterocycles. The van der Waals surface area contributed by atoms with Gasteiger partial charge >= 0.3 is 12.1 Å². The zero-order valence-corrected chi connectivity index (χ0v) is 34.1. The van der Waals surface area contributed by atoms with Gasteiger partial charge < -0.3 is 29.2 Å². The number of aliphatic hydroxyl groups excluding tert-OH is 1. The number of oxazole rings is 1. The maximum atomic E-state index is 13.1. The third kappa shape index (κ3) is 9.60. The maximum Gasteiger partial charge on any atom is 0.471 e. The number of halogens is 3. The molecule has 0 radical (unpaired) electrons. The number of aromatic nitrogens is 1. The van der Waals surface area contributed by atoms with E-state index in [0.717, 1.165) is 50.2 Å². The predicted octanol–water partition coefficient (Wildman–Crippen LogP) is 9.92. The summed E-state index contributed by atoms with van der Waals surface area (Å²) in [6.45, 7) is 2.03. The molecule has 9 nitrogen and oxygen atoms in total. The second kappa shape index (κ2) is 18.5. The molecule has 6 aromatic rings. The number of thioether (sulfide) groups is 1. The van der Waals surface area contributed by atoms with E-state index in [1.807, 2.05) is 133 Å². The van der Waals surface area contributed by atoms with Gasteiger partial charge in [-0.15, -0.1) is 0 Å². The summed E-state index contributed by atoms with van der Waals surface area (Å²) < 4.78 is 59.2. The molecule has 2 fully saturated rings. The van der Waals surface area contributed by atoms with Crippen molar-refractivity contribution in [3.05, 3.63) is 156 Å². The number of aliphatic hydroxyl groups is 1. The van der Waals surface area contributed by atoms with Crippen LogP contribution in [0.2, 0.25) is 0 Å². The van der Waals surface area contributed by atoms with Crippen molar-refractivity contribution < 1.29 is 41.8 Å². The molecule has 2 amide bonds. The van der Waals surface area contributed by atoms with Crippen LogP contribution in [0.15, 0.2) is 143 Å². The summed E-state index contributed by atoms with van der Waals surface area (Å²) in [6, 6.07) is 41.9. The van der Waals surface area contributed by atoms with E-state index < -0.39 is 30.3 Å². The fourth-order valence-corrected chi connectivity index (χ4v) is 8.84. The molecule has 5 aromatic carbocycles. The van der Waals surface area contributed by atoms with E-state index >= 15 is 0 Å². The first-order valence-electron chi connectivity index (χ1n) is 20.2. The van der Waals surface area contributed by atoms with Crippen LogP contribution in [-0.4, -0.2) is 57.4 Å². The molecular formula is C48H44F3N3O6S. The van der Waals surface area contributed by atoms with Crippen LogP contribution >= 0.6 is 11.8 Å². The minimum Gasteiger partial charge on any atom is -0.431 e. The third-order valence-electron chi connectivity index (χ3n) is 11.2. The van der Waals surface area contributed by atoms with E-state index in [1.165, 1.54) is 11.8 Å². The summed E-state index contributed by atoms with van der Waals surface area (Å²) in [5, 5.41) is 12.9. The zero-order valence-electron chi connectivity index (χ0n) is 33.3. The predicted molar refractivity (Wildman–Crippen MR) is 226 cm³/mol. The molecule has 8 rings (SSSR count). The van der Waals surface area contributed by atoms with Crippen LogP contribution in [0.25, 0.3) is 33.7 Å². The van der Waals surface area contributed by atoms with Gasteiger partial charge in [0.1, 0.15) is 11.7 Å². The van der Waals surface area contributed by atoms with Gasteiger partial charge in [-0.25, -0.2) is 4.98 Å². The van der Waals surface area contributed by atoms with Gasteiger partial charge in [-0.3, -0.25) is 9.59 Å². The molecule has 13 heteroatoms. The number of ether oxygens (including phenoxy) is 2. The molecule has 0 saturated carbocycles. The summed E-state index contributed by atoms with van der Waals surface area (Å²) in [7, 11) is 0. The highest BCUT2D eigenvalue weighted by molar-refractivity contribution is 7.99. The summed E-state index contributed by atoms with van der Waals surface area (Å²) in [5.41, 5.74) is 7.77. The molecule has 2 aliphatic rings. The minimum absolute atomic E-state index is 0.0604. The number of likely N-dealkylation sites (tertiary alicyclic amines) is 1. The van der Waals surface area contributed by atoms with Gasteiger partial charge in [0.05, 0.1) is 18.8 Å². The average molecular weight is 848 g/mol. The average Bonchev–Trinajstić information content (AvgIpc) is 3.97. The van der Waals surface area contributed by atoms with Crippen molar-refractivity contribution in [1.29, 1.82) is 0 Å². The Morgan fingerprint density at radius 1 is 0.803 bits per heavy atom. The Hall–Kier alpha value is -5.73. The highest BCUT2D eigenvalue weighted by Gasteiger charge is 2.47. The van der Waals surface area contributed by atoms with E-state index in [2.05, 4.69) is 12.2 Å². The Balaban J connectivity index is 0.986. The molecular weight excluding hydrogens is 804 g/mol. The lowest BCUT2D eigenvalue weighted by atomic mass is 9.91. The van der Waals surface area contributed by atoms with Crippen LogP contribution in [0.1, 0.15) is 54.4 Å². The van der Waals surface area contributed by atoms with E-state index in [1.54, 1.807) is 0 Å². The zero-order chi connectivity index (χ0) is 42.5. The van der Waals surface area contributed by atoms with Gasteiger partial charge in [0, 0.05) is 41.5 Å². The number of carbonyl (C=O) groups is 2. The van der Waals surface area contributed by atoms with Crippen molar-refractivity contribution in [2.75, 3.05) is 12.3 Å². The first kappa shape index (κ1) is 42.0. The lowest BCUT2D eigenvalue weighted by Crippen LogP contribution is -2.50.